The van der Waals surface area contributed by atoms with E-state index in [1.54, 1.807) is 7.05 Å². The van der Waals surface area contributed by atoms with E-state index in [1.807, 2.05) is 6.92 Å². The number of nitrogens with two attached hydrogens (primary N) is 1. The van der Waals surface area contributed by atoms with E-state index in [-0.39, 0.29) is 6.04 Å². The van der Waals surface area contributed by atoms with E-state index in [2.05, 4.69) is 0 Å². The van der Waals surface area contributed by atoms with Crippen molar-refractivity contribution in [2.75, 3.05) is 26.7 Å². The van der Waals surface area contributed by atoms with Crippen molar-refractivity contribution in [2.45, 2.75) is 13.0 Å². The van der Waals surface area contributed by atoms with Crippen LogP contribution >= 0.6 is 0 Å². The third-order valence-corrected chi connectivity index (χ3v) is 2.34. The van der Waals surface area contributed by atoms with Gasteiger partial charge in [-0.25, -0.2) is 0 Å². The number of nitrogens with zero attached hydrogens (tertiary/aromatic N) is 2. The number of carbonyl (C=O) groups excluding carboxylic acids is 2. The topological polar surface area (TPSA) is 66.6 Å². The maximum absolute atomic E-state index is 11.4. The Morgan fingerprint density at radius 2 is 2.08 bits per heavy atom. The maximum atomic E-state index is 11.4. The van der Waals surface area contributed by atoms with Gasteiger partial charge < -0.3 is 15.5 Å². The first-order valence-electron chi connectivity index (χ1n) is 4.34. The van der Waals surface area contributed by atoms with E-state index >= 15 is 0 Å². The second-order valence-corrected chi connectivity index (χ2v) is 3.30. The molecule has 2 N–H and O–H groups in total. The zero-order chi connectivity index (χ0) is 10.0. The molecule has 1 unspecified atom stereocenters. The average molecular weight is 185 g/mol. The number of rotatable bonds is 2. The summed E-state index contributed by atoms with van der Waals surface area (Å²) in [5.74, 6) is -0.877. The molecule has 2 amide bonds. The van der Waals surface area contributed by atoms with Gasteiger partial charge in [-0.1, -0.05) is 0 Å². The number of piperazine rings is 1. The lowest BCUT2D eigenvalue weighted by Gasteiger charge is -2.36. The molecule has 0 saturated carbocycles. The van der Waals surface area contributed by atoms with Gasteiger partial charge in [-0.2, -0.15) is 0 Å². The molecule has 0 aromatic heterocycles. The highest BCUT2D eigenvalue weighted by molar-refractivity contribution is 6.35. The molecule has 1 fully saturated rings. The van der Waals surface area contributed by atoms with Crippen molar-refractivity contribution < 1.29 is 9.59 Å². The molecule has 0 aromatic carbocycles. The van der Waals surface area contributed by atoms with Gasteiger partial charge in [0.1, 0.15) is 0 Å². The van der Waals surface area contributed by atoms with Crippen molar-refractivity contribution in [3.8, 4) is 0 Å². The summed E-state index contributed by atoms with van der Waals surface area (Å²) in [6.45, 7) is 3.35. The Kier molecular flexibility index (Phi) is 2.87. The van der Waals surface area contributed by atoms with Gasteiger partial charge in [0.2, 0.25) is 0 Å². The normalized spacial score (nSPS) is 24.1. The van der Waals surface area contributed by atoms with Crippen LogP contribution in [-0.2, 0) is 9.59 Å². The van der Waals surface area contributed by atoms with Crippen LogP contribution in [0.15, 0.2) is 0 Å². The third kappa shape index (κ3) is 1.80. The first-order valence-corrected chi connectivity index (χ1v) is 4.34. The molecule has 13 heavy (non-hydrogen) atoms. The zero-order valence-corrected chi connectivity index (χ0v) is 7.99. The number of likely N-dealkylation sites (N-methyl/N-ethyl adjacent to an activating group) is 1. The van der Waals surface area contributed by atoms with Crippen LogP contribution in [0.2, 0.25) is 0 Å². The second kappa shape index (κ2) is 3.74. The van der Waals surface area contributed by atoms with Gasteiger partial charge in [0.15, 0.2) is 0 Å². The number of hydrogen-bond donors (Lipinski definition) is 1. The predicted octanol–water partition coefficient (Wildman–Crippen LogP) is -1.37. The van der Waals surface area contributed by atoms with Crippen LogP contribution in [0.3, 0.4) is 0 Å². The Bertz CT molecular complexity index is 229. The van der Waals surface area contributed by atoms with Crippen LogP contribution < -0.4 is 5.73 Å². The molecular formula is C8H15N3O2. The number of amides is 2. The van der Waals surface area contributed by atoms with E-state index in [1.165, 1.54) is 9.80 Å². The minimum Gasteiger partial charge on any atom is -0.333 e. The van der Waals surface area contributed by atoms with Gasteiger partial charge >= 0.3 is 11.8 Å². The standard InChI is InChI=1S/C8H15N3O2/c1-6-5-11(4-3-9)8(13)7(12)10(6)2/h6H,3-5,9H2,1-2H3. The van der Waals surface area contributed by atoms with E-state index in [4.69, 9.17) is 5.73 Å². The van der Waals surface area contributed by atoms with Crippen molar-refractivity contribution in [3.05, 3.63) is 0 Å². The van der Waals surface area contributed by atoms with Crippen molar-refractivity contribution in [2.24, 2.45) is 5.73 Å². The fraction of sp³-hybridized carbons (Fsp3) is 0.750. The molecular weight excluding hydrogens is 170 g/mol. The summed E-state index contributed by atoms with van der Waals surface area (Å²) < 4.78 is 0. The number of carbonyl (C=O) groups is 2. The zero-order valence-electron chi connectivity index (χ0n) is 7.99. The van der Waals surface area contributed by atoms with E-state index in [0.717, 1.165) is 0 Å². The number of hydrogen-bond acceptors (Lipinski definition) is 3. The lowest BCUT2D eigenvalue weighted by molar-refractivity contribution is -0.157. The summed E-state index contributed by atoms with van der Waals surface area (Å²) in [5.41, 5.74) is 5.33. The molecule has 1 saturated heterocycles. The molecule has 0 aliphatic carbocycles. The molecule has 1 atom stereocenters. The molecule has 5 nitrogen and oxygen atoms in total. The van der Waals surface area contributed by atoms with Crippen molar-refractivity contribution in [3.63, 3.8) is 0 Å². The lowest BCUT2D eigenvalue weighted by Crippen LogP contribution is -2.57. The predicted molar refractivity (Wildman–Crippen MR) is 47.9 cm³/mol. The van der Waals surface area contributed by atoms with E-state index in [0.29, 0.717) is 19.6 Å². The first-order chi connectivity index (χ1) is 6.07. The Labute approximate surface area is 77.5 Å². The summed E-state index contributed by atoms with van der Waals surface area (Å²) >= 11 is 0. The van der Waals surface area contributed by atoms with Gasteiger partial charge in [0, 0.05) is 32.7 Å². The smallest absolute Gasteiger partial charge is 0.312 e. The Morgan fingerprint density at radius 1 is 1.46 bits per heavy atom. The van der Waals surface area contributed by atoms with Gasteiger partial charge in [-0.15, -0.1) is 0 Å². The summed E-state index contributed by atoms with van der Waals surface area (Å²) in [4.78, 5) is 25.6. The summed E-state index contributed by atoms with van der Waals surface area (Å²) in [5, 5.41) is 0. The molecule has 1 heterocycles. The molecule has 0 spiro atoms. The van der Waals surface area contributed by atoms with Crippen molar-refractivity contribution in [1.82, 2.24) is 9.80 Å². The van der Waals surface area contributed by atoms with Crippen molar-refractivity contribution in [1.29, 1.82) is 0 Å². The van der Waals surface area contributed by atoms with E-state index in [9.17, 15) is 9.59 Å². The SMILES string of the molecule is CC1CN(CCN)C(=O)C(=O)N1C. The largest absolute Gasteiger partial charge is 0.333 e. The molecule has 74 valence electrons. The monoisotopic (exact) mass is 185 g/mol. The quantitative estimate of drug-likeness (QED) is 0.540. The van der Waals surface area contributed by atoms with Crippen LogP contribution in [0.5, 0.6) is 0 Å². The maximum Gasteiger partial charge on any atom is 0.312 e. The highest BCUT2D eigenvalue weighted by atomic mass is 16.2. The molecule has 0 bridgehead atoms. The fourth-order valence-corrected chi connectivity index (χ4v) is 1.36. The fourth-order valence-electron chi connectivity index (χ4n) is 1.36. The molecule has 0 radical (unpaired) electrons. The third-order valence-electron chi connectivity index (χ3n) is 2.34. The first kappa shape index (κ1) is 9.98. The highest BCUT2D eigenvalue weighted by Crippen LogP contribution is 2.08. The molecule has 1 aliphatic heterocycles. The molecule has 1 aliphatic rings. The van der Waals surface area contributed by atoms with Gasteiger partial charge in [-0.05, 0) is 6.92 Å². The highest BCUT2D eigenvalue weighted by Gasteiger charge is 2.33. The second-order valence-electron chi connectivity index (χ2n) is 3.30. The van der Waals surface area contributed by atoms with Crippen molar-refractivity contribution >= 4 is 11.8 Å². The summed E-state index contributed by atoms with van der Waals surface area (Å²) in [6.07, 6.45) is 0. The molecule has 0 aromatic rings. The van der Waals surface area contributed by atoms with Gasteiger partial charge in [0.25, 0.3) is 0 Å². The minimum absolute atomic E-state index is 0.0803. The van der Waals surface area contributed by atoms with Crippen LogP contribution in [0.4, 0.5) is 0 Å². The van der Waals surface area contributed by atoms with Crippen LogP contribution in [0.25, 0.3) is 0 Å². The molecule has 1 rings (SSSR count). The van der Waals surface area contributed by atoms with Crippen LogP contribution in [-0.4, -0.2) is 54.3 Å². The molecule has 5 heteroatoms. The Hall–Kier alpha value is -1.10. The van der Waals surface area contributed by atoms with Gasteiger partial charge in [-0.3, -0.25) is 9.59 Å². The summed E-state index contributed by atoms with van der Waals surface area (Å²) in [6, 6.07) is 0.0803. The lowest BCUT2D eigenvalue weighted by atomic mass is 10.2. The summed E-state index contributed by atoms with van der Waals surface area (Å²) in [7, 11) is 1.64. The Morgan fingerprint density at radius 3 is 2.62 bits per heavy atom. The van der Waals surface area contributed by atoms with Crippen LogP contribution in [0, 0.1) is 0 Å². The average Bonchev–Trinajstić information content (AvgIpc) is 2.11. The van der Waals surface area contributed by atoms with Gasteiger partial charge in [0.05, 0.1) is 0 Å². The van der Waals surface area contributed by atoms with E-state index < -0.39 is 11.8 Å². The Balaban J connectivity index is 2.70. The van der Waals surface area contributed by atoms with Crippen LogP contribution in [0.1, 0.15) is 6.92 Å². The minimum atomic E-state index is -0.439.